The predicted octanol–water partition coefficient (Wildman–Crippen LogP) is 4.12. The topological polar surface area (TPSA) is 46.5 Å². The molecule has 0 heterocycles. The monoisotopic (exact) mass is 308 g/mol. The molecule has 2 rings (SSSR count). The van der Waals surface area contributed by atoms with Crippen molar-refractivity contribution < 1.29 is 19.0 Å². The zero-order valence-corrected chi connectivity index (χ0v) is 11.9. The average molecular weight is 309 g/mol. The first-order chi connectivity index (χ1) is 10.1. The molecular weight excluding hydrogens is 295 g/mol. The molecule has 1 unspecified atom stereocenters. The zero-order chi connectivity index (χ0) is 15.2. The van der Waals surface area contributed by atoms with Crippen LogP contribution in [0.2, 0.25) is 5.02 Å². The van der Waals surface area contributed by atoms with Crippen molar-refractivity contribution in [3.05, 3.63) is 64.9 Å². The number of carbonyl (C=O) groups is 1. The fraction of sp³-hybridized carbons (Fsp3) is 0.188. The van der Waals surface area contributed by atoms with Gasteiger partial charge in [0.25, 0.3) is 0 Å². The van der Waals surface area contributed by atoms with E-state index in [0.717, 1.165) is 0 Å². The highest BCUT2D eigenvalue weighted by Crippen LogP contribution is 2.24. The zero-order valence-electron chi connectivity index (χ0n) is 11.1. The molecule has 0 amide bonds. The van der Waals surface area contributed by atoms with Crippen molar-refractivity contribution in [2.24, 2.45) is 0 Å². The normalized spacial score (nSPS) is 11.9. The molecule has 0 aliphatic carbocycles. The van der Waals surface area contributed by atoms with E-state index in [0.29, 0.717) is 10.8 Å². The van der Waals surface area contributed by atoms with Crippen LogP contribution in [0.5, 0.6) is 5.75 Å². The molecular formula is C16H14ClFO3. The highest BCUT2D eigenvalue weighted by molar-refractivity contribution is 6.30. The Kier molecular flexibility index (Phi) is 5.17. The van der Waals surface area contributed by atoms with Crippen LogP contribution in [0.1, 0.15) is 17.9 Å². The Morgan fingerprint density at radius 2 is 1.86 bits per heavy atom. The van der Waals surface area contributed by atoms with E-state index < -0.39 is 17.7 Å². The molecule has 0 fully saturated rings. The van der Waals surface area contributed by atoms with Gasteiger partial charge in [-0.3, -0.25) is 4.79 Å². The Hall–Kier alpha value is -2.07. The molecule has 0 saturated heterocycles. The number of ether oxygens (including phenoxy) is 1. The number of benzene rings is 2. The van der Waals surface area contributed by atoms with E-state index in [4.69, 9.17) is 16.3 Å². The molecule has 21 heavy (non-hydrogen) atoms. The van der Waals surface area contributed by atoms with Crippen LogP contribution in [0.4, 0.5) is 4.39 Å². The lowest BCUT2D eigenvalue weighted by molar-refractivity contribution is -0.139. The highest BCUT2D eigenvalue weighted by Gasteiger charge is 2.22. The minimum Gasteiger partial charge on any atom is -0.494 e. The number of hydrogen-bond donors (Lipinski definition) is 1. The minimum atomic E-state index is -1.07. The summed E-state index contributed by atoms with van der Waals surface area (Å²) < 4.78 is 19.1. The number of hydrogen-bond acceptors (Lipinski definition) is 2. The first-order valence-corrected chi connectivity index (χ1v) is 6.81. The van der Waals surface area contributed by atoms with Crippen LogP contribution >= 0.6 is 11.6 Å². The standard InChI is InChI=1S/C16H14ClFO3/c17-11-5-7-12(8-6-11)21-10-9-14(16(19)20)13-3-1-2-4-15(13)18/h1-8,14H,9-10H2,(H,19,20). The number of halogens is 2. The lowest BCUT2D eigenvalue weighted by Crippen LogP contribution is -2.16. The maximum atomic E-state index is 13.7. The van der Waals surface area contributed by atoms with Gasteiger partial charge in [-0.25, -0.2) is 4.39 Å². The van der Waals surface area contributed by atoms with Crippen LogP contribution in [0, 0.1) is 5.82 Å². The van der Waals surface area contributed by atoms with Gasteiger partial charge in [-0.1, -0.05) is 29.8 Å². The highest BCUT2D eigenvalue weighted by atomic mass is 35.5. The first-order valence-electron chi connectivity index (χ1n) is 6.43. The van der Waals surface area contributed by atoms with Crippen molar-refractivity contribution in [1.82, 2.24) is 0 Å². The first kappa shape index (κ1) is 15.3. The lowest BCUT2D eigenvalue weighted by Gasteiger charge is -2.14. The fourth-order valence-electron chi connectivity index (χ4n) is 2.00. The van der Waals surface area contributed by atoms with E-state index in [1.54, 1.807) is 30.3 Å². The SMILES string of the molecule is O=C(O)C(CCOc1ccc(Cl)cc1)c1ccccc1F. The summed E-state index contributed by atoms with van der Waals surface area (Å²) in [4.78, 5) is 11.3. The van der Waals surface area contributed by atoms with Crippen LogP contribution in [0.15, 0.2) is 48.5 Å². The second-order valence-corrected chi connectivity index (χ2v) is 4.94. The van der Waals surface area contributed by atoms with Gasteiger partial charge in [0.05, 0.1) is 12.5 Å². The van der Waals surface area contributed by atoms with Crippen LogP contribution in [-0.4, -0.2) is 17.7 Å². The van der Waals surface area contributed by atoms with E-state index in [9.17, 15) is 14.3 Å². The van der Waals surface area contributed by atoms with E-state index in [-0.39, 0.29) is 18.6 Å². The Bertz CT molecular complexity index is 613. The Balaban J connectivity index is 2.00. The molecule has 2 aromatic rings. The predicted molar refractivity (Wildman–Crippen MR) is 78.3 cm³/mol. The molecule has 2 aromatic carbocycles. The largest absolute Gasteiger partial charge is 0.494 e. The van der Waals surface area contributed by atoms with Gasteiger partial charge in [-0.2, -0.15) is 0 Å². The van der Waals surface area contributed by atoms with Crippen LogP contribution in [0.25, 0.3) is 0 Å². The van der Waals surface area contributed by atoms with Gasteiger partial charge in [0.1, 0.15) is 11.6 Å². The molecule has 0 aliphatic rings. The number of carboxylic acid groups (broad SMARTS) is 1. The molecule has 110 valence electrons. The van der Waals surface area contributed by atoms with E-state index in [2.05, 4.69) is 0 Å². The summed E-state index contributed by atoms with van der Waals surface area (Å²) in [6, 6.07) is 12.6. The Labute approximate surface area is 126 Å². The van der Waals surface area contributed by atoms with Gasteiger partial charge < -0.3 is 9.84 Å². The lowest BCUT2D eigenvalue weighted by atomic mass is 9.96. The maximum Gasteiger partial charge on any atom is 0.311 e. The van der Waals surface area contributed by atoms with Gasteiger partial charge >= 0.3 is 5.97 Å². The van der Waals surface area contributed by atoms with Crippen molar-refractivity contribution in [1.29, 1.82) is 0 Å². The summed E-state index contributed by atoms with van der Waals surface area (Å²) in [5, 5.41) is 9.84. The van der Waals surface area contributed by atoms with Crippen molar-refractivity contribution in [2.45, 2.75) is 12.3 Å². The summed E-state index contributed by atoms with van der Waals surface area (Å²) in [7, 11) is 0. The van der Waals surface area contributed by atoms with Gasteiger partial charge in [0.2, 0.25) is 0 Å². The maximum absolute atomic E-state index is 13.7. The molecule has 3 nitrogen and oxygen atoms in total. The number of carboxylic acids is 1. The second-order valence-electron chi connectivity index (χ2n) is 4.50. The quantitative estimate of drug-likeness (QED) is 0.873. The summed E-state index contributed by atoms with van der Waals surface area (Å²) >= 11 is 5.76. The molecule has 1 N–H and O–H groups in total. The van der Waals surface area contributed by atoms with Crippen molar-refractivity contribution in [3.63, 3.8) is 0 Å². The van der Waals surface area contributed by atoms with E-state index >= 15 is 0 Å². The number of aliphatic carboxylic acids is 1. The van der Waals surface area contributed by atoms with Crippen LogP contribution in [-0.2, 0) is 4.79 Å². The van der Waals surface area contributed by atoms with Gasteiger partial charge in [0, 0.05) is 10.6 Å². The molecule has 0 aromatic heterocycles. The molecule has 5 heteroatoms. The summed E-state index contributed by atoms with van der Waals surface area (Å²) in [5.74, 6) is -1.92. The number of rotatable bonds is 6. The summed E-state index contributed by atoms with van der Waals surface area (Å²) in [6.07, 6.45) is 0.179. The molecule has 1 atom stereocenters. The third-order valence-electron chi connectivity index (χ3n) is 3.07. The van der Waals surface area contributed by atoms with Crippen LogP contribution < -0.4 is 4.74 Å². The third-order valence-corrected chi connectivity index (χ3v) is 3.32. The van der Waals surface area contributed by atoms with Gasteiger partial charge in [0.15, 0.2) is 0 Å². The van der Waals surface area contributed by atoms with Crippen molar-refractivity contribution in [3.8, 4) is 5.75 Å². The van der Waals surface area contributed by atoms with Crippen LogP contribution in [0.3, 0.4) is 0 Å². The van der Waals surface area contributed by atoms with E-state index in [1.165, 1.54) is 18.2 Å². The van der Waals surface area contributed by atoms with E-state index in [1.807, 2.05) is 0 Å². The average Bonchev–Trinajstić information content (AvgIpc) is 2.46. The second kappa shape index (κ2) is 7.09. The fourth-order valence-corrected chi connectivity index (χ4v) is 2.12. The molecule has 0 spiro atoms. The van der Waals surface area contributed by atoms with Gasteiger partial charge in [-0.15, -0.1) is 0 Å². The Morgan fingerprint density at radius 1 is 1.19 bits per heavy atom. The summed E-state index contributed by atoms with van der Waals surface area (Å²) in [6.45, 7) is 0.174. The van der Waals surface area contributed by atoms with Crippen molar-refractivity contribution >= 4 is 17.6 Å². The molecule has 0 saturated carbocycles. The Morgan fingerprint density at radius 3 is 2.48 bits per heavy atom. The molecule has 0 bridgehead atoms. The summed E-state index contributed by atoms with van der Waals surface area (Å²) in [5.41, 5.74) is 0.171. The van der Waals surface area contributed by atoms with Crippen molar-refractivity contribution in [2.75, 3.05) is 6.61 Å². The third kappa shape index (κ3) is 4.20. The minimum absolute atomic E-state index is 0.171. The van der Waals surface area contributed by atoms with Gasteiger partial charge in [-0.05, 0) is 36.8 Å². The molecule has 0 aliphatic heterocycles. The molecule has 0 radical (unpaired) electrons. The smallest absolute Gasteiger partial charge is 0.311 e.